The Balaban J connectivity index is 0.00000264. The standard InChI is InChI=1S/C16H23FN4O.HI/c1-2-18-16(21-13-5-3-4-6-13)19-11-15(22)20-14-9-7-12(17)8-10-14;/h7-10,13H,2-6,11H2,1H3,(H,20,22)(H2,18,19,21);1H. The van der Waals surface area contributed by atoms with Crippen LogP contribution in [0, 0.1) is 5.82 Å². The first-order valence-corrected chi connectivity index (χ1v) is 7.77. The van der Waals surface area contributed by atoms with Crippen molar-refractivity contribution in [2.45, 2.75) is 38.6 Å². The zero-order valence-electron chi connectivity index (χ0n) is 13.3. The van der Waals surface area contributed by atoms with Crippen molar-refractivity contribution in [1.29, 1.82) is 0 Å². The number of aliphatic imine (C=N–C) groups is 1. The normalized spacial score (nSPS) is 15.0. The Morgan fingerprint density at radius 2 is 1.91 bits per heavy atom. The molecule has 0 saturated heterocycles. The lowest BCUT2D eigenvalue weighted by atomic mass is 10.2. The van der Waals surface area contributed by atoms with Gasteiger partial charge in [-0.1, -0.05) is 12.8 Å². The van der Waals surface area contributed by atoms with Gasteiger partial charge in [-0.15, -0.1) is 24.0 Å². The molecule has 1 fully saturated rings. The molecule has 1 saturated carbocycles. The van der Waals surface area contributed by atoms with Crippen molar-refractivity contribution in [1.82, 2.24) is 10.6 Å². The average Bonchev–Trinajstić information content (AvgIpc) is 3.00. The number of rotatable bonds is 5. The lowest BCUT2D eigenvalue weighted by molar-refractivity contribution is -0.114. The fourth-order valence-corrected chi connectivity index (χ4v) is 2.47. The van der Waals surface area contributed by atoms with Crippen LogP contribution in [0.5, 0.6) is 0 Å². The summed E-state index contributed by atoms with van der Waals surface area (Å²) in [7, 11) is 0. The van der Waals surface area contributed by atoms with Gasteiger partial charge in [-0.2, -0.15) is 0 Å². The first-order chi connectivity index (χ1) is 10.7. The predicted octanol–water partition coefficient (Wildman–Crippen LogP) is 2.88. The van der Waals surface area contributed by atoms with E-state index in [1.807, 2.05) is 6.92 Å². The van der Waals surface area contributed by atoms with Gasteiger partial charge in [0.25, 0.3) is 0 Å². The minimum Gasteiger partial charge on any atom is -0.357 e. The highest BCUT2D eigenvalue weighted by Crippen LogP contribution is 2.17. The first kappa shape index (κ1) is 19.7. The highest BCUT2D eigenvalue weighted by molar-refractivity contribution is 14.0. The van der Waals surface area contributed by atoms with E-state index in [-0.39, 0.29) is 42.2 Å². The van der Waals surface area contributed by atoms with Crippen LogP contribution in [-0.2, 0) is 4.79 Å². The minimum absolute atomic E-state index is 0. The van der Waals surface area contributed by atoms with Gasteiger partial charge in [-0.3, -0.25) is 4.79 Å². The molecule has 0 unspecified atom stereocenters. The number of guanidine groups is 1. The summed E-state index contributed by atoms with van der Waals surface area (Å²) in [6.07, 6.45) is 4.77. The second-order valence-corrected chi connectivity index (χ2v) is 5.38. The number of nitrogens with zero attached hydrogens (tertiary/aromatic N) is 1. The Bertz CT molecular complexity index is 515. The summed E-state index contributed by atoms with van der Waals surface area (Å²) in [6.45, 7) is 2.77. The highest BCUT2D eigenvalue weighted by atomic mass is 127. The molecular weight excluding hydrogens is 410 g/mol. The molecule has 2 rings (SSSR count). The summed E-state index contributed by atoms with van der Waals surface area (Å²) in [5.74, 6) is 0.116. The number of carbonyl (C=O) groups is 1. The van der Waals surface area contributed by atoms with Crippen LogP contribution in [0.2, 0.25) is 0 Å². The van der Waals surface area contributed by atoms with Crippen LogP contribution < -0.4 is 16.0 Å². The number of hydrogen-bond acceptors (Lipinski definition) is 2. The second kappa shape index (κ2) is 10.4. The molecule has 1 aliphatic rings. The summed E-state index contributed by atoms with van der Waals surface area (Å²) < 4.78 is 12.8. The summed E-state index contributed by atoms with van der Waals surface area (Å²) in [5.41, 5.74) is 0.565. The van der Waals surface area contributed by atoms with Crippen molar-refractivity contribution < 1.29 is 9.18 Å². The Hall–Kier alpha value is -1.38. The van der Waals surface area contributed by atoms with E-state index in [0.717, 1.165) is 19.4 Å². The smallest absolute Gasteiger partial charge is 0.246 e. The largest absolute Gasteiger partial charge is 0.357 e. The average molecular weight is 434 g/mol. The molecule has 1 aromatic rings. The molecule has 0 radical (unpaired) electrons. The van der Waals surface area contributed by atoms with Crippen LogP contribution in [0.4, 0.5) is 10.1 Å². The van der Waals surface area contributed by atoms with Gasteiger partial charge in [0.2, 0.25) is 5.91 Å². The Labute approximate surface area is 153 Å². The summed E-state index contributed by atoms with van der Waals surface area (Å²) in [6, 6.07) is 6.12. The monoisotopic (exact) mass is 434 g/mol. The number of carbonyl (C=O) groups excluding carboxylic acids is 1. The maximum Gasteiger partial charge on any atom is 0.246 e. The molecule has 7 heteroatoms. The quantitative estimate of drug-likeness (QED) is 0.380. The van der Waals surface area contributed by atoms with Crippen molar-refractivity contribution in [2.24, 2.45) is 4.99 Å². The number of amides is 1. The molecule has 23 heavy (non-hydrogen) atoms. The van der Waals surface area contributed by atoms with Crippen molar-refractivity contribution in [3.05, 3.63) is 30.1 Å². The molecule has 5 nitrogen and oxygen atoms in total. The van der Waals surface area contributed by atoms with E-state index in [1.54, 1.807) is 0 Å². The molecule has 0 bridgehead atoms. The number of nitrogens with one attached hydrogen (secondary N) is 3. The third-order valence-electron chi connectivity index (χ3n) is 3.55. The van der Waals surface area contributed by atoms with Crippen LogP contribution in [0.15, 0.2) is 29.3 Å². The van der Waals surface area contributed by atoms with Crippen molar-refractivity contribution >= 4 is 41.5 Å². The zero-order valence-corrected chi connectivity index (χ0v) is 15.6. The van der Waals surface area contributed by atoms with E-state index in [1.165, 1.54) is 37.1 Å². The zero-order chi connectivity index (χ0) is 15.8. The van der Waals surface area contributed by atoms with E-state index in [9.17, 15) is 9.18 Å². The maximum atomic E-state index is 12.8. The number of hydrogen-bond donors (Lipinski definition) is 3. The molecule has 0 heterocycles. The summed E-state index contributed by atoms with van der Waals surface area (Å²) in [5, 5.41) is 9.19. The second-order valence-electron chi connectivity index (χ2n) is 5.38. The van der Waals surface area contributed by atoms with Crippen LogP contribution >= 0.6 is 24.0 Å². The molecule has 0 spiro atoms. The van der Waals surface area contributed by atoms with Gasteiger partial charge in [-0.05, 0) is 44.0 Å². The molecule has 128 valence electrons. The highest BCUT2D eigenvalue weighted by Gasteiger charge is 2.16. The Kier molecular flexibility index (Phi) is 8.90. The van der Waals surface area contributed by atoms with E-state index >= 15 is 0 Å². The predicted molar refractivity (Wildman–Crippen MR) is 102 cm³/mol. The number of anilines is 1. The molecule has 3 N–H and O–H groups in total. The van der Waals surface area contributed by atoms with E-state index in [4.69, 9.17) is 0 Å². The number of halogens is 2. The SMILES string of the molecule is CCNC(=NCC(=O)Nc1ccc(F)cc1)NC1CCCC1.I. The van der Waals surface area contributed by atoms with Crippen LogP contribution in [0.3, 0.4) is 0 Å². The third kappa shape index (κ3) is 7.15. The van der Waals surface area contributed by atoms with Gasteiger partial charge < -0.3 is 16.0 Å². The van der Waals surface area contributed by atoms with Crippen LogP contribution in [0.1, 0.15) is 32.6 Å². The third-order valence-corrected chi connectivity index (χ3v) is 3.55. The maximum absolute atomic E-state index is 12.8. The summed E-state index contributed by atoms with van der Waals surface area (Å²) >= 11 is 0. The molecule has 0 aromatic heterocycles. The van der Waals surface area contributed by atoms with Gasteiger partial charge in [0.1, 0.15) is 12.4 Å². The molecule has 0 atom stereocenters. The first-order valence-electron chi connectivity index (χ1n) is 7.77. The minimum atomic E-state index is -0.328. The Morgan fingerprint density at radius 1 is 1.26 bits per heavy atom. The molecular formula is C16H24FIN4O. The fourth-order valence-electron chi connectivity index (χ4n) is 2.47. The van der Waals surface area contributed by atoms with Crippen molar-refractivity contribution in [3.63, 3.8) is 0 Å². The lowest BCUT2D eigenvalue weighted by Crippen LogP contribution is -2.42. The van der Waals surface area contributed by atoms with E-state index in [2.05, 4.69) is 20.9 Å². The van der Waals surface area contributed by atoms with E-state index < -0.39 is 0 Å². The molecule has 0 aliphatic heterocycles. The van der Waals surface area contributed by atoms with Crippen molar-refractivity contribution in [2.75, 3.05) is 18.4 Å². The summed E-state index contributed by atoms with van der Waals surface area (Å²) in [4.78, 5) is 16.2. The van der Waals surface area contributed by atoms with Crippen molar-refractivity contribution in [3.8, 4) is 0 Å². The number of benzene rings is 1. The van der Waals surface area contributed by atoms with Gasteiger partial charge in [0.15, 0.2) is 5.96 Å². The topological polar surface area (TPSA) is 65.5 Å². The van der Waals surface area contributed by atoms with Gasteiger partial charge in [-0.25, -0.2) is 9.38 Å². The van der Waals surface area contributed by atoms with E-state index in [0.29, 0.717) is 17.7 Å². The molecule has 1 amide bonds. The molecule has 1 aliphatic carbocycles. The molecule has 1 aromatic carbocycles. The van der Waals surface area contributed by atoms with Crippen LogP contribution in [-0.4, -0.2) is 31.0 Å². The lowest BCUT2D eigenvalue weighted by Gasteiger charge is -2.16. The van der Waals surface area contributed by atoms with Gasteiger partial charge in [0.05, 0.1) is 0 Å². The fraction of sp³-hybridized carbons (Fsp3) is 0.500. The van der Waals surface area contributed by atoms with Gasteiger partial charge in [0, 0.05) is 18.3 Å². The van der Waals surface area contributed by atoms with Crippen LogP contribution in [0.25, 0.3) is 0 Å². The Morgan fingerprint density at radius 3 is 2.52 bits per heavy atom. The van der Waals surface area contributed by atoms with Gasteiger partial charge >= 0.3 is 0 Å².